The van der Waals surface area contributed by atoms with Gasteiger partial charge >= 0.3 is 0 Å². The fourth-order valence-electron chi connectivity index (χ4n) is 3.78. The first-order valence-corrected chi connectivity index (χ1v) is 11.3. The molecule has 1 amide bonds. The van der Waals surface area contributed by atoms with E-state index in [0.29, 0.717) is 19.4 Å². The highest BCUT2D eigenvalue weighted by atomic mass is 32.2. The molecule has 2 atom stereocenters. The van der Waals surface area contributed by atoms with E-state index < -0.39 is 10.0 Å². The first-order valence-electron chi connectivity index (χ1n) is 9.84. The average Bonchev–Trinajstić information content (AvgIpc) is 2.73. The number of aryl methyl sites for hydroxylation is 1. The topological polar surface area (TPSA) is 66.5 Å². The van der Waals surface area contributed by atoms with Crippen molar-refractivity contribution < 1.29 is 13.2 Å². The van der Waals surface area contributed by atoms with Crippen LogP contribution >= 0.6 is 0 Å². The quantitative estimate of drug-likeness (QED) is 0.805. The Balaban J connectivity index is 1.71. The fraction of sp³-hybridized carbons (Fsp3) is 0.409. The van der Waals surface area contributed by atoms with Gasteiger partial charge in [-0.2, -0.15) is 4.31 Å². The van der Waals surface area contributed by atoms with Gasteiger partial charge in [0.2, 0.25) is 15.9 Å². The van der Waals surface area contributed by atoms with E-state index in [-0.39, 0.29) is 29.3 Å². The van der Waals surface area contributed by atoms with Crippen LogP contribution in [0.4, 0.5) is 0 Å². The van der Waals surface area contributed by atoms with Crippen molar-refractivity contribution >= 4 is 15.9 Å². The van der Waals surface area contributed by atoms with Crippen LogP contribution in [-0.4, -0.2) is 31.7 Å². The van der Waals surface area contributed by atoms with Crippen molar-refractivity contribution in [3.05, 3.63) is 65.7 Å². The minimum absolute atomic E-state index is 0.0604. The Bertz CT molecular complexity index is 912. The molecule has 1 aliphatic heterocycles. The van der Waals surface area contributed by atoms with Gasteiger partial charge in [0.1, 0.15) is 0 Å². The summed E-state index contributed by atoms with van der Waals surface area (Å²) in [7, 11) is -3.57. The first-order chi connectivity index (χ1) is 13.4. The molecular formula is C22H28N2O3S. The van der Waals surface area contributed by atoms with Gasteiger partial charge < -0.3 is 5.32 Å². The molecule has 1 saturated heterocycles. The van der Waals surface area contributed by atoms with Gasteiger partial charge in [-0.05, 0) is 49.4 Å². The molecule has 28 heavy (non-hydrogen) atoms. The molecule has 3 rings (SSSR count). The SMILES string of the molecule is CC[C@H](NC(=O)[C@@H]1CCCN(S(=O)(=O)c2ccccc2)C1)c1ccccc1C. The number of carbonyl (C=O) groups excluding carboxylic acids is 1. The monoisotopic (exact) mass is 400 g/mol. The van der Waals surface area contributed by atoms with E-state index in [9.17, 15) is 13.2 Å². The maximum Gasteiger partial charge on any atom is 0.243 e. The zero-order chi connectivity index (χ0) is 20.1. The minimum atomic E-state index is -3.57. The van der Waals surface area contributed by atoms with E-state index >= 15 is 0 Å². The number of hydrogen-bond acceptors (Lipinski definition) is 3. The highest BCUT2D eigenvalue weighted by Gasteiger charge is 2.33. The van der Waals surface area contributed by atoms with Gasteiger partial charge in [-0.1, -0.05) is 49.4 Å². The molecule has 5 nitrogen and oxygen atoms in total. The summed E-state index contributed by atoms with van der Waals surface area (Å²) in [6.45, 7) is 4.77. The number of nitrogens with zero attached hydrogens (tertiary/aromatic N) is 1. The van der Waals surface area contributed by atoms with E-state index in [2.05, 4.69) is 5.32 Å². The predicted octanol–water partition coefficient (Wildman–Crippen LogP) is 3.66. The summed E-state index contributed by atoms with van der Waals surface area (Å²) in [5.41, 5.74) is 2.26. The molecule has 1 aliphatic rings. The van der Waals surface area contributed by atoms with Crippen LogP contribution in [0.25, 0.3) is 0 Å². The number of rotatable bonds is 6. The first kappa shape index (κ1) is 20.6. The average molecular weight is 401 g/mol. The number of piperidine rings is 1. The number of carbonyl (C=O) groups is 1. The van der Waals surface area contributed by atoms with E-state index in [1.807, 2.05) is 38.1 Å². The minimum Gasteiger partial charge on any atom is -0.349 e. The lowest BCUT2D eigenvalue weighted by atomic mass is 9.95. The van der Waals surface area contributed by atoms with Gasteiger partial charge in [-0.15, -0.1) is 0 Å². The van der Waals surface area contributed by atoms with Crippen LogP contribution in [0.5, 0.6) is 0 Å². The van der Waals surface area contributed by atoms with Crippen LogP contribution in [-0.2, 0) is 14.8 Å². The molecule has 0 aliphatic carbocycles. The smallest absolute Gasteiger partial charge is 0.243 e. The summed E-state index contributed by atoms with van der Waals surface area (Å²) in [5, 5.41) is 3.14. The molecule has 1 N–H and O–H groups in total. The van der Waals surface area contributed by atoms with Crippen molar-refractivity contribution in [2.45, 2.75) is 44.0 Å². The van der Waals surface area contributed by atoms with E-state index in [1.165, 1.54) is 4.31 Å². The van der Waals surface area contributed by atoms with Crippen molar-refractivity contribution in [3.63, 3.8) is 0 Å². The third-order valence-corrected chi connectivity index (χ3v) is 7.30. The Hall–Kier alpha value is -2.18. The Morgan fingerprint density at radius 1 is 1.14 bits per heavy atom. The molecular weight excluding hydrogens is 372 g/mol. The van der Waals surface area contributed by atoms with Crippen molar-refractivity contribution in [2.75, 3.05) is 13.1 Å². The second-order valence-electron chi connectivity index (χ2n) is 7.34. The van der Waals surface area contributed by atoms with Gasteiger partial charge in [-0.25, -0.2) is 8.42 Å². The lowest BCUT2D eigenvalue weighted by molar-refractivity contribution is -0.126. The summed E-state index contributed by atoms with van der Waals surface area (Å²) in [6, 6.07) is 16.4. The van der Waals surface area contributed by atoms with Crippen LogP contribution < -0.4 is 5.32 Å². The van der Waals surface area contributed by atoms with Gasteiger partial charge in [0.25, 0.3) is 0 Å². The number of benzene rings is 2. The van der Waals surface area contributed by atoms with Gasteiger partial charge in [0, 0.05) is 13.1 Å². The Kier molecular flexibility index (Phi) is 6.52. The van der Waals surface area contributed by atoms with Crippen LogP contribution in [0.3, 0.4) is 0 Å². The second-order valence-corrected chi connectivity index (χ2v) is 9.28. The summed E-state index contributed by atoms with van der Waals surface area (Å²) in [4.78, 5) is 13.2. The highest BCUT2D eigenvalue weighted by molar-refractivity contribution is 7.89. The Morgan fingerprint density at radius 2 is 1.82 bits per heavy atom. The Morgan fingerprint density at radius 3 is 2.50 bits per heavy atom. The van der Waals surface area contributed by atoms with Gasteiger partial charge in [0.15, 0.2) is 0 Å². The van der Waals surface area contributed by atoms with E-state index in [0.717, 1.165) is 17.5 Å². The lowest BCUT2D eigenvalue weighted by Gasteiger charge is -2.32. The maximum absolute atomic E-state index is 12.9. The molecule has 0 unspecified atom stereocenters. The van der Waals surface area contributed by atoms with Crippen molar-refractivity contribution in [1.82, 2.24) is 9.62 Å². The molecule has 2 aromatic rings. The van der Waals surface area contributed by atoms with Gasteiger partial charge in [0.05, 0.1) is 16.9 Å². The maximum atomic E-state index is 12.9. The zero-order valence-electron chi connectivity index (χ0n) is 16.5. The molecule has 2 aromatic carbocycles. The standard InChI is InChI=1S/C22H28N2O3S/c1-3-21(20-14-8-7-10-17(20)2)23-22(25)18-11-9-15-24(16-18)28(26,27)19-12-5-4-6-13-19/h4-8,10,12-14,18,21H,3,9,11,15-16H2,1-2H3,(H,23,25)/t18-,21+/m1/s1. The lowest BCUT2D eigenvalue weighted by Crippen LogP contribution is -2.46. The molecule has 6 heteroatoms. The third-order valence-electron chi connectivity index (χ3n) is 5.42. The molecule has 1 fully saturated rings. The molecule has 0 spiro atoms. The van der Waals surface area contributed by atoms with Crippen LogP contribution in [0.2, 0.25) is 0 Å². The third kappa shape index (κ3) is 4.45. The summed E-state index contributed by atoms with van der Waals surface area (Å²) in [5.74, 6) is -0.395. The van der Waals surface area contributed by atoms with Crippen LogP contribution in [0.1, 0.15) is 43.4 Å². The molecule has 150 valence electrons. The molecule has 0 radical (unpaired) electrons. The van der Waals surface area contributed by atoms with Crippen molar-refractivity contribution in [2.24, 2.45) is 5.92 Å². The second kappa shape index (κ2) is 8.88. The largest absolute Gasteiger partial charge is 0.349 e. The van der Waals surface area contributed by atoms with Crippen LogP contribution in [0.15, 0.2) is 59.5 Å². The van der Waals surface area contributed by atoms with Crippen molar-refractivity contribution in [1.29, 1.82) is 0 Å². The molecule has 0 bridgehead atoms. The highest BCUT2D eigenvalue weighted by Crippen LogP contribution is 2.26. The van der Waals surface area contributed by atoms with E-state index in [1.54, 1.807) is 30.3 Å². The zero-order valence-corrected chi connectivity index (χ0v) is 17.3. The molecule has 0 aromatic heterocycles. The number of hydrogen-bond donors (Lipinski definition) is 1. The van der Waals surface area contributed by atoms with Gasteiger partial charge in [-0.3, -0.25) is 4.79 Å². The number of sulfonamides is 1. The van der Waals surface area contributed by atoms with E-state index in [4.69, 9.17) is 0 Å². The molecule has 0 saturated carbocycles. The normalized spacial score (nSPS) is 19.1. The molecule has 1 heterocycles. The summed E-state index contributed by atoms with van der Waals surface area (Å²) >= 11 is 0. The number of amides is 1. The fourth-order valence-corrected chi connectivity index (χ4v) is 5.33. The van der Waals surface area contributed by atoms with Crippen molar-refractivity contribution in [3.8, 4) is 0 Å². The summed E-state index contributed by atoms with van der Waals surface area (Å²) in [6.07, 6.45) is 2.18. The summed E-state index contributed by atoms with van der Waals surface area (Å²) < 4.78 is 27.2. The number of nitrogens with one attached hydrogen (secondary N) is 1. The predicted molar refractivity (Wildman–Crippen MR) is 110 cm³/mol. The van der Waals surface area contributed by atoms with Crippen LogP contribution in [0, 0.1) is 12.8 Å². The Labute approximate surface area is 167 Å².